The molecule has 0 radical (unpaired) electrons. The minimum Gasteiger partial charge on any atom is -0.347 e. The lowest BCUT2D eigenvalue weighted by molar-refractivity contribution is 0.0930. The van der Waals surface area contributed by atoms with Crippen LogP contribution in [0.25, 0.3) is 0 Å². The summed E-state index contributed by atoms with van der Waals surface area (Å²) in [5.41, 5.74) is 0.770. The number of rotatable bonds is 4. The van der Waals surface area contributed by atoms with Crippen LogP contribution < -0.4 is 5.32 Å². The van der Waals surface area contributed by atoms with Gasteiger partial charge in [-0.3, -0.25) is 4.79 Å². The number of amides is 1. The molecule has 0 aliphatic carbocycles. The molecular formula is C14H20N6OS. The third-order valence-corrected chi connectivity index (χ3v) is 4.69. The fourth-order valence-electron chi connectivity index (χ4n) is 2.76. The first-order chi connectivity index (χ1) is 10.6. The highest BCUT2D eigenvalue weighted by atomic mass is 32.1. The Hall–Kier alpha value is -1.83. The Morgan fingerprint density at radius 3 is 2.95 bits per heavy atom. The maximum atomic E-state index is 12.4. The number of carbonyl (C=O) groups is 1. The molecule has 8 heteroatoms. The van der Waals surface area contributed by atoms with E-state index in [0.29, 0.717) is 10.8 Å². The van der Waals surface area contributed by atoms with Crippen molar-refractivity contribution in [1.82, 2.24) is 29.7 Å². The summed E-state index contributed by atoms with van der Waals surface area (Å²) < 4.78 is 6.02. The Morgan fingerprint density at radius 2 is 2.23 bits per heavy atom. The smallest absolute Gasteiger partial charge is 0.265 e. The van der Waals surface area contributed by atoms with Crippen molar-refractivity contribution in [3.8, 4) is 0 Å². The van der Waals surface area contributed by atoms with Gasteiger partial charge < -0.3 is 9.88 Å². The van der Waals surface area contributed by atoms with E-state index in [2.05, 4.69) is 43.5 Å². The van der Waals surface area contributed by atoms with Crippen LogP contribution >= 0.6 is 11.5 Å². The Balaban J connectivity index is 1.72. The molecule has 1 aliphatic heterocycles. The van der Waals surface area contributed by atoms with Crippen LogP contribution in [0.3, 0.4) is 0 Å². The Kier molecular flexibility index (Phi) is 4.19. The minimum absolute atomic E-state index is 0.0699. The Labute approximate surface area is 133 Å². The monoisotopic (exact) mass is 320 g/mol. The van der Waals surface area contributed by atoms with Gasteiger partial charge in [0.15, 0.2) is 0 Å². The van der Waals surface area contributed by atoms with Gasteiger partial charge in [0.1, 0.15) is 16.5 Å². The van der Waals surface area contributed by atoms with E-state index in [1.165, 1.54) is 0 Å². The zero-order valence-corrected chi connectivity index (χ0v) is 13.9. The molecule has 7 nitrogen and oxygen atoms in total. The van der Waals surface area contributed by atoms with E-state index in [1.54, 1.807) is 0 Å². The van der Waals surface area contributed by atoms with Crippen LogP contribution in [0.4, 0.5) is 0 Å². The molecule has 3 heterocycles. The van der Waals surface area contributed by atoms with Crippen molar-refractivity contribution in [2.75, 3.05) is 0 Å². The van der Waals surface area contributed by atoms with Gasteiger partial charge in [-0.2, -0.15) is 0 Å². The van der Waals surface area contributed by atoms with Gasteiger partial charge in [-0.1, -0.05) is 25.3 Å². The molecule has 0 saturated carbocycles. The predicted molar refractivity (Wildman–Crippen MR) is 83.0 cm³/mol. The SMILES string of the molecule is CCc1nnsc1C(=O)NC1CCc2nnc(C(C)C)n2C1. The summed E-state index contributed by atoms with van der Waals surface area (Å²) in [5, 5.41) is 15.6. The number of hydrogen-bond acceptors (Lipinski definition) is 6. The normalized spacial score (nSPS) is 17.5. The quantitative estimate of drug-likeness (QED) is 0.924. The molecule has 2 aromatic heterocycles. The van der Waals surface area contributed by atoms with Gasteiger partial charge >= 0.3 is 0 Å². The first kappa shape index (κ1) is 15.1. The predicted octanol–water partition coefficient (Wildman–Crippen LogP) is 1.56. The lowest BCUT2D eigenvalue weighted by atomic mass is 10.1. The van der Waals surface area contributed by atoms with Crippen molar-refractivity contribution in [3.05, 3.63) is 22.2 Å². The van der Waals surface area contributed by atoms with Gasteiger partial charge in [0.25, 0.3) is 5.91 Å². The second kappa shape index (κ2) is 6.12. The van der Waals surface area contributed by atoms with Gasteiger partial charge in [-0.25, -0.2) is 0 Å². The van der Waals surface area contributed by atoms with Crippen molar-refractivity contribution in [1.29, 1.82) is 0 Å². The maximum absolute atomic E-state index is 12.4. The first-order valence-electron chi connectivity index (χ1n) is 7.64. The molecule has 2 aromatic rings. The molecule has 0 saturated heterocycles. The fraction of sp³-hybridized carbons (Fsp3) is 0.643. The second-order valence-corrected chi connectivity index (χ2v) is 6.61. The van der Waals surface area contributed by atoms with E-state index in [-0.39, 0.29) is 11.9 Å². The maximum Gasteiger partial charge on any atom is 0.265 e. The summed E-state index contributed by atoms with van der Waals surface area (Å²) in [6.07, 6.45) is 2.44. The van der Waals surface area contributed by atoms with E-state index in [4.69, 9.17) is 0 Å². The number of nitrogens with zero attached hydrogens (tertiary/aromatic N) is 5. The fourth-order valence-corrected chi connectivity index (χ4v) is 3.41. The molecule has 118 valence electrons. The molecule has 1 amide bonds. The van der Waals surface area contributed by atoms with Crippen molar-refractivity contribution < 1.29 is 4.79 Å². The van der Waals surface area contributed by atoms with Crippen LogP contribution in [0.15, 0.2) is 0 Å². The minimum atomic E-state index is -0.0699. The van der Waals surface area contributed by atoms with Crippen molar-refractivity contribution in [3.63, 3.8) is 0 Å². The summed E-state index contributed by atoms with van der Waals surface area (Å²) in [5.74, 6) is 2.26. The molecule has 0 bridgehead atoms. The molecule has 0 fully saturated rings. The second-order valence-electron chi connectivity index (χ2n) is 5.85. The molecule has 22 heavy (non-hydrogen) atoms. The number of hydrogen-bond donors (Lipinski definition) is 1. The van der Waals surface area contributed by atoms with E-state index < -0.39 is 0 Å². The first-order valence-corrected chi connectivity index (χ1v) is 8.41. The Morgan fingerprint density at radius 1 is 1.41 bits per heavy atom. The average Bonchev–Trinajstić information content (AvgIpc) is 3.13. The highest BCUT2D eigenvalue weighted by Crippen LogP contribution is 2.20. The largest absolute Gasteiger partial charge is 0.347 e. The van der Waals surface area contributed by atoms with Crippen LogP contribution in [-0.2, 0) is 19.4 Å². The zero-order valence-electron chi connectivity index (χ0n) is 13.0. The third-order valence-electron chi connectivity index (χ3n) is 3.92. The summed E-state index contributed by atoms with van der Waals surface area (Å²) >= 11 is 1.16. The number of aromatic nitrogens is 5. The number of nitrogens with one attached hydrogen (secondary N) is 1. The summed E-state index contributed by atoms with van der Waals surface area (Å²) in [6.45, 7) is 6.92. The molecule has 3 rings (SSSR count). The number of fused-ring (bicyclic) bond motifs is 1. The topological polar surface area (TPSA) is 85.6 Å². The van der Waals surface area contributed by atoms with E-state index >= 15 is 0 Å². The van der Waals surface area contributed by atoms with Crippen molar-refractivity contribution in [2.24, 2.45) is 0 Å². The van der Waals surface area contributed by atoms with Gasteiger partial charge in [-0.05, 0) is 24.4 Å². The molecular weight excluding hydrogens is 300 g/mol. The summed E-state index contributed by atoms with van der Waals surface area (Å²) in [7, 11) is 0. The van der Waals surface area contributed by atoms with Crippen LogP contribution in [0.1, 0.15) is 60.1 Å². The van der Waals surface area contributed by atoms with E-state index in [0.717, 1.165) is 54.7 Å². The van der Waals surface area contributed by atoms with Gasteiger partial charge in [0.05, 0.1) is 5.69 Å². The third kappa shape index (κ3) is 2.75. The lowest BCUT2D eigenvalue weighted by Gasteiger charge is -2.25. The molecule has 0 spiro atoms. The van der Waals surface area contributed by atoms with Crippen molar-refractivity contribution >= 4 is 17.4 Å². The lowest BCUT2D eigenvalue weighted by Crippen LogP contribution is -2.41. The number of aryl methyl sites for hydroxylation is 2. The standard InChI is InChI=1S/C14H20N6OS/c1-4-10-12(22-19-16-10)14(21)15-9-5-6-11-17-18-13(8(2)3)20(11)7-9/h8-9H,4-7H2,1-3H3,(H,15,21). The summed E-state index contributed by atoms with van der Waals surface area (Å²) in [4.78, 5) is 13.0. The Bertz CT molecular complexity index is 677. The van der Waals surface area contributed by atoms with Crippen molar-refractivity contribution in [2.45, 2.75) is 58.5 Å². The van der Waals surface area contributed by atoms with Gasteiger partial charge in [0.2, 0.25) is 0 Å². The highest BCUT2D eigenvalue weighted by Gasteiger charge is 2.26. The molecule has 1 unspecified atom stereocenters. The van der Waals surface area contributed by atoms with Gasteiger partial charge in [-0.15, -0.1) is 15.3 Å². The molecule has 1 atom stereocenters. The molecule has 1 aliphatic rings. The van der Waals surface area contributed by atoms with Crippen LogP contribution in [0.5, 0.6) is 0 Å². The van der Waals surface area contributed by atoms with Crippen LogP contribution in [0.2, 0.25) is 0 Å². The van der Waals surface area contributed by atoms with Crippen LogP contribution in [0, 0.1) is 0 Å². The average molecular weight is 320 g/mol. The zero-order chi connectivity index (χ0) is 15.7. The summed E-state index contributed by atoms with van der Waals surface area (Å²) in [6, 6.07) is 0.0975. The van der Waals surface area contributed by atoms with Gasteiger partial charge in [0, 0.05) is 24.9 Å². The van der Waals surface area contributed by atoms with E-state index in [1.807, 2.05) is 6.92 Å². The number of carbonyl (C=O) groups excluding carboxylic acids is 1. The molecule has 0 aromatic carbocycles. The van der Waals surface area contributed by atoms with E-state index in [9.17, 15) is 4.79 Å². The molecule has 1 N–H and O–H groups in total. The van der Waals surface area contributed by atoms with Crippen LogP contribution in [-0.4, -0.2) is 36.3 Å². The highest BCUT2D eigenvalue weighted by molar-refractivity contribution is 7.08.